The van der Waals surface area contributed by atoms with E-state index < -0.39 is 6.10 Å². The summed E-state index contributed by atoms with van der Waals surface area (Å²) in [6, 6.07) is 6.54. The molecule has 0 heterocycles. The van der Waals surface area contributed by atoms with Crippen LogP contribution in [0.4, 0.5) is 4.39 Å². The molecule has 19 heavy (non-hydrogen) atoms. The maximum atomic E-state index is 13.8. The summed E-state index contributed by atoms with van der Waals surface area (Å²) in [5.74, 6) is 0.175. The minimum atomic E-state index is -0.426. The molecule has 0 bridgehead atoms. The van der Waals surface area contributed by atoms with Gasteiger partial charge in [-0.2, -0.15) is 0 Å². The lowest BCUT2D eigenvalue weighted by molar-refractivity contribution is -0.119. The maximum absolute atomic E-state index is 13.8. The highest BCUT2D eigenvalue weighted by atomic mass is 79.9. The Morgan fingerprint density at radius 3 is 2.84 bits per heavy atom. The summed E-state index contributed by atoms with van der Waals surface area (Å²) >= 11 is 3.08. The lowest BCUT2D eigenvalue weighted by Gasteiger charge is -2.19. The van der Waals surface area contributed by atoms with Crippen molar-refractivity contribution in [1.29, 1.82) is 0 Å². The van der Waals surface area contributed by atoms with E-state index in [9.17, 15) is 9.18 Å². The predicted molar refractivity (Wildman–Crippen MR) is 74.6 cm³/mol. The van der Waals surface area contributed by atoms with Crippen molar-refractivity contribution in [3.63, 3.8) is 0 Å². The molecular weight excluding hydrogens is 313 g/mol. The van der Waals surface area contributed by atoms with Gasteiger partial charge in [0.15, 0.2) is 0 Å². The Balaban J connectivity index is 1.99. The molecule has 104 valence electrons. The molecule has 0 saturated heterocycles. The van der Waals surface area contributed by atoms with Gasteiger partial charge in [-0.1, -0.05) is 34.1 Å². The number of amides is 1. The first kappa shape index (κ1) is 14.5. The Bertz CT molecular complexity index is 437. The molecule has 2 rings (SSSR count). The zero-order valence-electron chi connectivity index (χ0n) is 10.6. The molecule has 1 aliphatic rings. The third kappa shape index (κ3) is 4.58. The smallest absolute Gasteiger partial charge is 0.230 e. The van der Waals surface area contributed by atoms with E-state index in [0.29, 0.717) is 18.1 Å². The Hall–Kier alpha value is -0.940. The van der Waals surface area contributed by atoms with E-state index in [2.05, 4.69) is 21.2 Å². The molecule has 3 nitrogen and oxygen atoms in total. The van der Waals surface area contributed by atoms with E-state index in [1.54, 1.807) is 18.2 Å². The normalized spacial score (nSPS) is 16.1. The molecule has 0 spiro atoms. The van der Waals surface area contributed by atoms with Crippen molar-refractivity contribution in [2.75, 3.05) is 18.5 Å². The number of ether oxygens (including phenoxy) is 1. The fraction of sp³-hybridized carbons (Fsp3) is 0.500. The van der Waals surface area contributed by atoms with Crippen LogP contribution in [0.3, 0.4) is 0 Å². The summed E-state index contributed by atoms with van der Waals surface area (Å²) in [5.41, 5.74) is 0.498. The fourth-order valence-electron chi connectivity index (χ4n) is 1.79. The molecular formula is C14H17BrFNO2. The van der Waals surface area contributed by atoms with Gasteiger partial charge in [0, 0.05) is 12.1 Å². The van der Waals surface area contributed by atoms with E-state index >= 15 is 0 Å². The van der Waals surface area contributed by atoms with E-state index in [0.717, 1.165) is 0 Å². The average molecular weight is 330 g/mol. The molecule has 1 fully saturated rings. The molecule has 5 heteroatoms. The van der Waals surface area contributed by atoms with E-state index in [1.807, 2.05) is 0 Å². The van der Waals surface area contributed by atoms with Gasteiger partial charge < -0.3 is 10.1 Å². The van der Waals surface area contributed by atoms with Gasteiger partial charge in [0.05, 0.1) is 11.9 Å². The van der Waals surface area contributed by atoms with Gasteiger partial charge in [-0.3, -0.25) is 4.79 Å². The number of nitrogens with one attached hydrogen (secondary N) is 1. The van der Waals surface area contributed by atoms with Crippen LogP contribution in [0.25, 0.3) is 0 Å². The van der Waals surface area contributed by atoms with Crippen molar-refractivity contribution in [3.05, 3.63) is 35.6 Å². The zero-order valence-corrected chi connectivity index (χ0v) is 12.2. The van der Waals surface area contributed by atoms with Gasteiger partial charge in [-0.05, 0) is 24.8 Å². The van der Waals surface area contributed by atoms with Crippen LogP contribution >= 0.6 is 15.9 Å². The van der Waals surface area contributed by atoms with Gasteiger partial charge in [-0.15, -0.1) is 0 Å². The second kappa shape index (κ2) is 7.01. The molecule has 0 radical (unpaired) electrons. The SMILES string of the molecule is O=C(CBr)NC[C@H](OCC1CC1)c1ccccc1F. The first-order valence-electron chi connectivity index (χ1n) is 6.39. The number of halogens is 2. The lowest BCUT2D eigenvalue weighted by atomic mass is 10.1. The molecule has 1 amide bonds. The van der Waals surface area contributed by atoms with Crippen molar-refractivity contribution < 1.29 is 13.9 Å². The lowest BCUT2D eigenvalue weighted by Crippen LogP contribution is -2.30. The molecule has 1 atom stereocenters. The summed E-state index contributed by atoms with van der Waals surface area (Å²) in [6.07, 6.45) is 1.93. The third-order valence-electron chi connectivity index (χ3n) is 3.09. The van der Waals surface area contributed by atoms with Gasteiger partial charge in [0.25, 0.3) is 0 Å². The van der Waals surface area contributed by atoms with Gasteiger partial charge in [0.1, 0.15) is 11.9 Å². The average Bonchev–Trinajstić information content (AvgIpc) is 3.24. The highest BCUT2D eigenvalue weighted by molar-refractivity contribution is 9.09. The highest BCUT2D eigenvalue weighted by Crippen LogP contribution is 2.31. The van der Waals surface area contributed by atoms with Crippen molar-refractivity contribution in [1.82, 2.24) is 5.32 Å². The monoisotopic (exact) mass is 329 g/mol. The Morgan fingerprint density at radius 2 is 2.21 bits per heavy atom. The minimum absolute atomic E-state index is 0.128. The Morgan fingerprint density at radius 1 is 1.47 bits per heavy atom. The minimum Gasteiger partial charge on any atom is -0.371 e. The van der Waals surface area contributed by atoms with Crippen LogP contribution in [-0.4, -0.2) is 24.4 Å². The molecule has 0 aliphatic heterocycles. The van der Waals surface area contributed by atoms with E-state index in [-0.39, 0.29) is 23.6 Å². The molecule has 1 N–H and O–H groups in total. The van der Waals surface area contributed by atoms with Gasteiger partial charge in [-0.25, -0.2) is 4.39 Å². The molecule has 1 aromatic rings. The van der Waals surface area contributed by atoms with Crippen molar-refractivity contribution in [2.45, 2.75) is 18.9 Å². The van der Waals surface area contributed by atoms with Crippen LogP contribution in [0.5, 0.6) is 0 Å². The molecule has 1 aliphatic carbocycles. The Kier molecular flexibility index (Phi) is 5.34. The first-order valence-corrected chi connectivity index (χ1v) is 7.51. The highest BCUT2D eigenvalue weighted by Gasteiger charge is 2.25. The van der Waals surface area contributed by atoms with E-state index in [1.165, 1.54) is 18.9 Å². The van der Waals surface area contributed by atoms with E-state index in [4.69, 9.17) is 4.74 Å². The number of rotatable bonds is 7. The predicted octanol–water partition coefficient (Wildman–Crippen LogP) is 2.80. The van der Waals surface area contributed by atoms with Crippen molar-refractivity contribution >= 4 is 21.8 Å². The number of alkyl halides is 1. The zero-order chi connectivity index (χ0) is 13.7. The molecule has 0 unspecified atom stereocenters. The number of benzene rings is 1. The maximum Gasteiger partial charge on any atom is 0.230 e. The largest absolute Gasteiger partial charge is 0.371 e. The van der Waals surface area contributed by atoms with Crippen LogP contribution in [0.2, 0.25) is 0 Å². The summed E-state index contributed by atoms with van der Waals surface area (Å²) in [5, 5.41) is 2.96. The second-order valence-electron chi connectivity index (χ2n) is 4.72. The van der Waals surface area contributed by atoms with Crippen LogP contribution in [-0.2, 0) is 9.53 Å². The van der Waals surface area contributed by atoms with Crippen LogP contribution in [0.15, 0.2) is 24.3 Å². The molecule has 0 aromatic heterocycles. The summed E-state index contributed by atoms with van der Waals surface area (Å²) in [4.78, 5) is 11.3. The number of hydrogen-bond donors (Lipinski definition) is 1. The van der Waals surface area contributed by atoms with Crippen LogP contribution in [0, 0.1) is 11.7 Å². The summed E-state index contributed by atoms with van der Waals surface area (Å²) in [7, 11) is 0. The second-order valence-corrected chi connectivity index (χ2v) is 5.29. The first-order chi connectivity index (χ1) is 9.20. The fourth-order valence-corrected chi connectivity index (χ4v) is 1.98. The van der Waals surface area contributed by atoms with Crippen LogP contribution in [0.1, 0.15) is 24.5 Å². The van der Waals surface area contributed by atoms with Crippen molar-refractivity contribution in [3.8, 4) is 0 Å². The number of carbonyl (C=O) groups is 1. The van der Waals surface area contributed by atoms with Crippen LogP contribution < -0.4 is 5.32 Å². The topological polar surface area (TPSA) is 38.3 Å². The van der Waals surface area contributed by atoms with Crippen molar-refractivity contribution in [2.24, 2.45) is 5.92 Å². The quantitative estimate of drug-likeness (QED) is 0.781. The summed E-state index contributed by atoms with van der Waals surface area (Å²) in [6.45, 7) is 0.918. The third-order valence-corrected chi connectivity index (χ3v) is 3.60. The van der Waals surface area contributed by atoms with Gasteiger partial charge in [0.2, 0.25) is 5.91 Å². The van der Waals surface area contributed by atoms with Gasteiger partial charge >= 0.3 is 0 Å². The Labute approximate surface area is 120 Å². The molecule has 1 saturated carbocycles. The number of carbonyl (C=O) groups excluding carboxylic acids is 1. The summed E-state index contributed by atoms with van der Waals surface area (Å²) < 4.78 is 19.5. The molecule has 1 aromatic carbocycles. The standard InChI is InChI=1S/C14H17BrFNO2/c15-7-14(18)17-8-13(19-9-10-5-6-10)11-3-1-2-4-12(11)16/h1-4,10,13H,5-9H2,(H,17,18)/t13-/m0/s1. The number of hydrogen-bond acceptors (Lipinski definition) is 2.